The van der Waals surface area contributed by atoms with Gasteiger partial charge in [0, 0.05) is 20.2 Å². The molecule has 1 rings (SSSR count). The van der Waals surface area contributed by atoms with E-state index < -0.39 is 5.54 Å². The maximum atomic E-state index is 12.1. The second kappa shape index (κ2) is 9.38. The molecule has 1 aliphatic heterocycles. The Bertz CT molecular complexity index is 310. The Labute approximate surface area is 129 Å². The number of carbonyl (C=O) groups excluding carboxylic acids is 1. The van der Waals surface area contributed by atoms with E-state index in [9.17, 15) is 4.79 Å². The van der Waals surface area contributed by atoms with Gasteiger partial charge >= 0.3 is 5.97 Å². The molecule has 0 aromatic heterocycles. The van der Waals surface area contributed by atoms with Gasteiger partial charge in [0.1, 0.15) is 5.54 Å². The van der Waals surface area contributed by atoms with Crippen LogP contribution >= 0.6 is 0 Å². The van der Waals surface area contributed by atoms with Crippen LogP contribution in [0.5, 0.6) is 0 Å². The van der Waals surface area contributed by atoms with Crippen molar-refractivity contribution in [3.63, 3.8) is 0 Å². The fraction of sp³-hybridized carbons (Fsp3) is 0.938. The van der Waals surface area contributed by atoms with Crippen molar-refractivity contribution in [3.8, 4) is 0 Å². The SMILES string of the molecule is CCCNC(C)(CCN1CCCC(COC)C1)C(=O)OC. The first-order chi connectivity index (χ1) is 10.1. The van der Waals surface area contributed by atoms with Gasteiger partial charge < -0.3 is 19.7 Å². The van der Waals surface area contributed by atoms with E-state index in [1.807, 2.05) is 6.92 Å². The first-order valence-corrected chi connectivity index (χ1v) is 8.10. The highest BCUT2D eigenvalue weighted by Gasteiger charge is 2.34. The summed E-state index contributed by atoms with van der Waals surface area (Å²) in [6.07, 6.45) is 4.24. The number of nitrogens with zero attached hydrogens (tertiary/aromatic N) is 1. The first kappa shape index (κ1) is 18.4. The number of carbonyl (C=O) groups is 1. The van der Waals surface area contributed by atoms with Gasteiger partial charge in [-0.3, -0.25) is 4.79 Å². The molecule has 0 aliphatic carbocycles. The Morgan fingerprint density at radius 2 is 2.19 bits per heavy atom. The summed E-state index contributed by atoms with van der Waals surface area (Å²) < 4.78 is 10.2. The van der Waals surface area contributed by atoms with Crippen LogP contribution in [0.15, 0.2) is 0 Å². The summed E-state index contributed by atoms with van der Waals surface area (Å²) in [7, 11) is 3.23. The monoisotopic (exact) mass is 300 g/mol. The summed E-state index contributed by atoms with van der Waals surface area (Å²) in [6.45, 7) is 8.82. The van der Waals surface area contributed by atoms with Gasteiger partial charge in [-0.2, -0.15) is 0 Å². The summed E-state index contributed by atoms with van der Waals surface area (Å²) in [6, 6.07) is 0. The van der Waals surface area contributed by atoms with Gasteiger partial charge in [-0.05, 0) is 51.6 Å². The zero-order chi connectivity index (χ0) is 15.7. The summed E-state index contributed by atoms with van der Waals surface area (Å²) >= 11 is 0. The largest absolute Gasteiger partial charge is 0.468 e. The molecule has 0 spiro atoms. The highest BCUT2D eigenvalue weighted by atomic mass is 16.5. The van der Waals surface area contributed by atoms with Crippen LogP contribution in [-0.2, 0) is 14.3 Å². The Morgan fingerprint density at radius 1 is 1.43 bits per heavy atom. The number of hydrogen-bond acceptors (Lipinski definition) is 5. The van der Waals surface area contributed by atoms with Crippen LogP contribution in [0.4, 0.5) is 0 Å². The molecule has 0 bridgehead atoms. The highest BCUT2D eigenvalue weighted by molar-refractivity contribution is 5.80. The fourth-order valence-corrected chi connectivity index (χ4v) is 3.00. The second-order valence-corrected chi connectivity index (χ2v) is 6.26. The second-order valence-electron chi connectivity index (χ2n) is 6.26. The van der Waals surface area contributed by atoms with Crippen LogP contribution in [-0.4, -0.2) is 63.4 Å². The van der Waals surface area contributed by atoms with E-state index >= 15 is 0 Å². The van der Waals surface area contributed by atoms with E-state index in [2.05, 4.69) is 17.1 Å². The number of hydrogen-bond donors (Lipinski definition) is 1. The summed E-state index contributed by atoms with van der Waals surface area (Å²) in [4.78, 5) is 14.5. The van der Waals surface area contributed by atoms with Crippen LogP contribution < -0.4 is 5.32 Å². The van der Waals surface area contributed by atoms with Crippen molar-refractivity contribution in [2.24, 2.45) is 5.92 Å². The lowest BCUT2D eigenvalue weighted by atomic mass is 9.94. The third-order valence-electron chi connectivity index (χ3n) is 4.33. The lowest BCUT2D eigenvalue weighted by Crippen LogP contribution is -2.52. The van der Waals surface area contributed by atoms with Gasteiger partial charge in [0.25, 0.3) is 0 Å². The number of likely N-dealkylation sites (tertiary alicyclic amines) is 1. The molecule has 1 fully saturated rings. The van der Waals surface area contributed by atoms with Crippen LogP contribution in [0.2, 0.25) is 0 Å². The Hall–Kier alpha value is -0.650. The van der Waals surface area contributed by atoms with Crippen molar-refractivity contribution in [3.05, 3.63) is 0 Å². The molecule has 1 aliphatic rings. The normalized spacial score (nSPS) is 22.8. The summed E-state index contributed by atoms with van der Waals surface area (Å²) in [5.41, 5.74) is -0.584. The van der Waals surface area contributed by atoms with Crippen LogP contribution in [0.25, 0.3) is 0 Å². The maximum Gasteiger partial charge on any atom is 0.325 e. The summed E-state index contributed by atoms with van der Waals surface area (Å²) in [5, 5.41) is 3.35. The number of ether oxygens (including phenoxy) is 2. The van der Waals surface area contributed by atoms with E-state index in [1.165, 1.54) is 20.0 Å². The van der Waals surface area contributed by atoms with Crippen LogP contribution in [0.3, 0.4) is 0 Å². The van der Waals surface area contributed by atoms with E-state index in [-0.39, 0.29) is 5.97 Å². The zero-order valence-electron chi connectivity index (χ0n) is 14.1. The molecule has 1 N–H and O–H groups in total. The predicted octanol–water partition coefficient (Wildman–Crippen LogP) is 1.67. The summed E-state index contributed by atoms with van der Waals surface area (Å²) in [5.74, 6) is 0.457. The standard InChI is InChI=1S/C16H32N2O3/c1-5-9-17-16(2,15(19)21-4)8-11-18-10-6-7-14(12-18)13-20-3/h14,17H,5-13H2,1-4H3. The number of nitrogens with one attached hydrogen (secondary N) is 1. The van der Waals surface area contributed by atoms with Gasteiger partial charge in [0.05, 0.1) is 13.7 Å². The third-order valence-corrected chi connectivity index (χ3v) is 4.33. The molecule has 1 heterocycles. The van der Waals surface area contributed by atoms with Crippen LogP contribution in [0.1, 0.15) is 39.5 Å². The van der Waals surface area contributed by atoms with Gasteiger partial charge in [-0.15, -0.1) is 0 Å². The first-order valence-electron chi connectivity index (χ1n) is 8.10. The molecule has 5 nitrogen and oxygen atoms in total. The lowest BCUT2D eigenvalue weighted by molar-refractivity contribution is -0.148. The predicted molar refractivity (Wildman–Crippen MR) is 84.4 cm³/mol. The molecule has 2 atom stereocenters. The molecular weight excluding hydrogens is 268 g/mol. The van der Waals surface area contributed by atoms with E-state index in [0.717, 1.165) is 45.6 Å². The third kappa shape index (κ3) is 5.93. The van der Waals surface area contributed by atoms with Gasteiger partial charge in [-0.1, -0.05) is 6.92 Å². The van der Waals surface area contributed by atoms with Crippen molar-refractivity contribution >= 4 is 5.97 Å². The lowest BCUT2D eigenvalue weighted by Gasteiger charge is -2.35. The number of esters is 1. The quantitative estimate of drug-likeness (QED) is 0.656. The molecule has 0 aromatic rings. The topological polar surface area (TPSA) is 50.8 Å². The Balaban J connectivity index is 2.49. The highest BCUT2D eigenvalue weighted by Crippen LogP contribution is 2.19. The zero-order valence-corrected chi connectivity index (χ0v) is 14.1. The van der Waals surface area contributed by atoms with Crippen molar-refractivity contribution in [1.29, 1.82) is 0 Å². The van der Waals surface area contributed by atoms with Crippen molar-refractivity contribution < 1.29 is 14.3 Å². The molecule has 0 radical (unpaired) electrons. The number of piperidine rings is 1. The minimum absolute atomic E-state index is 0.165. The fourth-order valence-electron chi connectivity index (χ4n) is 3.00. The molecule has 2 unspecified atom stereocenters. The molecule has 0 amide bonds. The minimum Gasteiger partial charge on any atom is -0.468 e. The molecular formula is C16H32N2O3. The molecule has 0 aromatic carbocycles. The van der Waals surface area contributed by atoms with Crippen molar-refractivity contribution in [2.75, 3.05) is 47.0 Å². The van der Waals surface area contributed by atoms with Crippen molar-refractivity contribution in [2.45, 2.75) is 45.1 Å². The number of rotatable bonds is 9. The van der Waals surface area contributed by atoms with Gasteiger partial charge in [0.15, 0.2) is 0 Å². The van der Waals surface area contributed by atoms with Gasteiger partial charge in [-0.25, -0.2) is 0 Å². The Morgan fingerprint density at radius 3 is 2.81 bits per heavy atom. The molecule has 21 heavy (non-hydrogen) atoms. The van der Waals surface area contributed by atoms with E-state index in [1.54, 1.807) is 7.11 Å². The van der Waals surface area contributed by atoms with Crippen molar-refractivity contribution in [1.82, 2.24) is 10.2 Å². The molecule has 124 valence electrons. The Kier molecular flexibility index (Phi) is 8.22. The minimum atomic E-state index is -0.584. The van der Waals surface area contributed by atoms with E-state index in [4.69, 9.17) is 9.47 Å². The van der Waals surface area contributed by atoms with E-state index in [0.29, 0.717) is 5.92 Å². The maximum absolute atomic E-state index is 12.1. The van der Waals surface area contributed by atoms with Gasteiger partial charge in [0.2, 0.25) is 0 Å². The smallest absolute Gasteiger partial charge is 0.325 e. The average Bonchev–Trinajstić information content (AvgIpc) is 2.51. The van der Waals surface area contributed by atoms with Crippen LogP contribution in [0, 0.1) is 5.92 Å². The molecule has 5 heteroatoms. The number of methoxy groups -OCH3 is 2. The average molecular weight is 300 g/mol. The molecule has 1 saturated heterocycles. The molecule has 0 saturated carbocycles.